The SMILES string of the molecule is C[C@@H](Nc1ccnc2cnc(C3(O)CCN(C(=O)c4cccnc4)CC3)cc12)c1cccc(C(F)F)c1F. The Labute approximate surface area is 217 Å². The Morgan fingerprint density at radius 1 is 1.05 bits per heavy atom. The molecule has 196 valence electrons. The van der Waals surface area contributed by atoms with Crippen molar-refractivity contribution in [2.75, 3.05) is 18.4 Å². The number of likely N-dealkylation sites (tertiary alicyclic amines) is 1. The van der Waals surface area contributed by atoms with Crippen LogP contribution >= 0.6 is 0 Å². The second kappa shape index (κ2) is 10.4. The molecule has 0 spiro atoms. The molecule has 5 rings (SSSR count). The summed E-state index contributed by atoms with van der Waals surface area (Å²) in [6.45, 7) is 2.38. The monoisotopic (exact) mass is 521 g/mol. The molecule has 10 heteroatoms. The van der Waals surface area contributed by atoms with Crippen LogP contribution in [0.2, 0.25) is 0 Å². The smallest absolute Gasteiger partial charge is 0.266 e. The van der Waals surface area contributed by atoms with Crippen LogP contribution in [0.5, 0.6) is 0 Å². The van der Waals surface area contributed by atoms with Crippen LogP contribution in [0.1, 0.15) is 59.4 Å². The summed E-state index contributed by atoms with van der Waals surface area (Å²) in [5.41, 5.74) is 0.308. The van der Waals surface area contributed by atoms with Gasteiger partial charge in [-0.25, -0.2) is 13.2 Å². The zero-order chi connectivity index (χ0) is 26.9. The van der Waals surface area contributed by atoms with Crippen molar-refractivity contribution < 1.29 is 23.1 Å². The van der Waals surface area contributed by atoms with Crippen molar-refractivity contribution in [3.63, 3.8) is 0 Å². The third-order valence-electron chi connectivity index (χ3n) is 7.02. The summed E-state index contributed by atoms with van der Waals surface area (Å²) in [5.74, 6) is -1.08. The maximum Gasteiger partial charge on any atom is 0.266 e. The van der Waals surface area contributed by atoms with Gasteiger partial charge in [0.05, 0.1) is 34.6 Å². The first-order chi connectivity index (χ1) is 18.3. The number of halogens is 3. The molecule has 38 heavy (non-hydrogen) atoms. The van der Waals surface area contributed by atoms with E-state index in [1.807, 2.05) is 0 Å². The molecule has 7 nitrogen and oxygen atoms in total. The minimum atomic E-state index is -2.91. The number of aliphatic hydroxyl groups is 1. The number of fused-ring (bicyclic) bond motifs is 1. The highest BCUT2D eigenvalue weighted by Gasteiger charge is 2.37. The van der Waals surface area contributed by atoms with E-state index < -0.39 is 29.4 Å². The highest BCUT2D eigenvalue weighted by Crippen LogP contribution is 2.36. The Hall–Kier alpha value is -4.05. The number of pyridine rings is 3. The van der Waals surface area contributed by atoms with Gasteiger partial charge >= 0.3 is 0 Å². The summed E-state index contributed by atoms with van der Waals surface area (Å²) < 4.78 is 41.1. The van der Waals surface area contributed by atoms with Gasteiger partial charge in [-0.15, -0.1) is 0 Å². The average molecular weight is 522 g/mol. The fourth-order valence-corrected chi connectivity index (χ4v) is 4.82. The molecule has 0 saturated carbocycles. The van der Waals surface area contributed by atoms with Gasteiger partial charge in [0.15, 0.2) is 0 Å². The molecule has 1 atom stereocenters. The minimum absolute atomic E-state index is 0.117. The van der Waals surface area contributed by atoms with E-state index >= 15 is 0 Å². The number of nitrogens with one attached hydrogen (secondary N) is 1. The molecule has 1 amide bonds. The Morgan fingerprint density at radius 2 is 1.82 bits per heavy atom. The molecule has 0 unspecified atom stereocenters. The average Bonchev–Trinajstić information content (AvgIpc) is 2.93. The molecule has 1 fully saturated rings. The maximum atomic E-state index is 14.7. The summed E-state index contributed by atoms with van der Waals surface area (Å²) in [7, 11) is 0. The Bertz CT molecular complexity index is 1460. The lowest BCUT2D eigenvalue weighted by Crippen LogP contribution is -2.45. The predicted octanol–water partition coefficient (Wildman–Crippen LogP) is 5.40. The van der Waals surface area contributed by atoms with Crippen molar-refractivity contribution in [2.45, 2.75) is 37.8 Å². The van der Waals surface area contributed by atoms with E-state index in [9.17, 15) is 23.1 Å². The number of rotatable bonds is 6. The number of amides is 1. The fraction of sp³-hybridized carbons (Fsp3) is 0.286. The number of carbonyl (C=O) groups is 1. The molecule has 1 aliphatic rings. The van der Waals surface area contributed by atoms with Crippen LogP contribution in [0.25, 0.3) is 10.9 Å². The molecular weight excluding hydrogens is 495 g/mol. The number of benzene rings is 1. The highest BCUT2D eigenvalue weighted by molar-refractivity contribution is 5.94. The topological polar surface area (TPSA) is 91.2 Å². The van der Waals surface area contributed by atoms with E-state index in [-0.39, 0.29) is 11.5 Å². The van der Waals surface area contributed by atoms with Gasteiger partial charge in [0.25, 0.3) is 12.3 Å². The van der Waals surface area contributed by atoms with Crippen LogP contribution in [-0.4, -0.2) is 44.0 Å². The summed E-state index contributed by atoms with van der Waals surface area (Å²) >= 11 is 0. The first-order valence-electron chi connectivity index (χ1n) is 12.3. The molecule has 4 heterocycles. The van der Waals surface area contributed by atoms with E-state index in [4.69, 9.17) is 0 Å². The van der Waals surface area contributed by atoms with Gasteiger partial charge in [-0.3, -0.25) is 19.7 Å². The van der Waals surface area contributed by atoms with Crippen molar-refractivity contribution in [1.82, 2.24) is 19.9 Å². The standard InChI is InChI=1S/C28H26F3N5O2/c1-17(19-5-2-6-20(25(19)29)26(30)31)35-22-7-11-33-23-16-34-24(14-21(22)23)28(38)8-12-36(13-9-28)27(37)18-4-3-10-32-15-18/h2-7,10-11,14-17,26,38H,8-9,12-13H2,1H3,(H,33,35)/t17-/m1/s1. The molecule has 1 saturated heterocycles. The molecule has 1 aliphatic heterocycles. The fourth-order valence-electron chi connectivity index (χ4n) is 4.82. The Balaban J connectivity index is 1.38. The van der Waals surface area contributed by atoms with Gasteiger partial charge in [-0.2, -0.15) is 0 Å². The van der Waals surface area contributed by atoms with E-state index in [0.29, 0.717) is 53.8 Å². The molecule has 0 aliphatic carbocycles. The zero-order valence-corrected chi connectivity index (χ0v) is 20.6. The largest absolute Gasteiger partial charge is 0.383 e. The quantitative estimate of drug-likeness (QED) is 0.353. The number of hydrogen-bond acceptors (Lipinski definition) is 6. The van der Waals surface area contributed by atoms with Gasteiger partial charge in [-0.05, 0) is 44.0 Å². The molecule has 1 aromatic carbocycles. The predicted molar refractivity (Wildman–Crippen MR) is 136 cm³/mol. The van der Waals surface area contributed by atoms with Crippen LogP contribution in [0.3, 0.4) is 0 Å². The lowest BCUT2D eigenvalue weighted by atomic mass is 9.87. The Kier molecular flexibility index (Phi) is 6.98. The lowest BCUT2D eigenvalue weighted by molar-refractivity contribution is -0.0243. The summed E-state index contributed by atoms with van der Waals surface area (Å²) in [5, 5.41) is 15.3. The van der Waals surface area contributed by atoms with Crippen molar-refractivity contribution in [3.05, 3.63) is 95.5 Å². The molecular formula is C28H26F3N5O2. The Morgan fingerprint density at radius 3 is 2.53 bits per heavy atom. The number of piperidine rings is 1. The van der Waals surface area contributed by atoms with E-state index in [2.05, 4.69) is 20.3 Å². The van der Waals surface area contributed by atoms with Crippen LogP contribution in [-0.2, 0) is 5.60 Å². The van der Waals surface area contributed by atoms with Crippen molar-refractivity contribution in [3.8, 4) is 0 Å². The summed E-state index contributed by atoms with van der Waals surface area (Å²) in [4.78, 5) is 27.3. The zero-order valence-electron chi connectivity index (χ0n) is 20.6. The van der Waals surface area contributed by atoms with Crippen LogP contribution in [0, 0.1) is 5.82 Å². The van der Waals surface area contributed by atoms with Gasteiger partial charge in [0.2, 0.25) is 0 Å². The normalized spacial score (nSPS) is 16.0. The number of aromatic nitrogens is 3. The molecule has 2 N–H and O–H groups in total. The van der Waals surface area contributed by atoms with Gasteiger partial charge < -0.3 is 15.3 Å². The van der Waals surface area contributed by atoms with Gasteiger partial charge in [0, 0.05) is 48.3 Å². The minimum Gasteiger partial charge on any atom is -0.383 e. The van der Waals surface area contributed by atoms with Crippen molar-refractivity contribution in [1.29, 1.82) is 0 Å². The van der Waals surface area contributed by atoms with Crippen molar-refractivity contribution >= 4 is 22.5 Å². The van der Waals surface area contributed by atoms with Crippen LogP contribution < -0.4 is 5.32 Å². The summed E-state index contributed by atoms with van der Waals surface area (Å²) in [6.07, 6.45) is 3.93. The molecule has 0 bridgehead atoms. The number of alkyl halides is 2. The number of nitrogens with zero attached hydrogens (tertiary/aromatic N) is 4. The maximum absolute atomic E-state index is 14.7. The summed E-state index contributed by atoms with van der Waals surface area (Å²) in [6, 6.07) is 10.2. The van der Waals surface area contributed by atoms with E-state index in [0.717, 1.165) is 6.07 Å². The van der Waals surface area contributed by atoms with Crippen LogP contribution in [0.4, 0.5) is 18.9 Å². The van der Waals surface area contributed by atoms with Crippen LogP contribution in [0.15, 0.2) is 67.3 Å². The first kappa shape index (κ1) is 25.6. The van der Waals surface area contributed by atoms with Crippen molar-refractivity contribution in [2.24, 2.45) is 0 Å². The molecule has 3 aromatic heterocycles. The van der Waals surface area contributed by atoms with E-state index in [1.165, 1.54) is 18.3 Å². The number of carbonyl (C=O) groups excluding carboxylic acids is 1. The van der Waals surface area contributed by atoms with Gasteiger partial charge in [-0.1, -0.05) is 18.2 Å². The number of hydrogen-bond donors (Lipinski definition) is 2. The second-order valence-electron chi connectivity index (χ2n) is 9.43. The first-order valence-corrected chi connectivity index (χ1v) is 12.3. The number of anilines is 1. The third kappa shape index (κ3) is 4.91. The third-order valence-corrected chi connectivity index (χ3v) is 7.02. The molecule has 0 radical (unpaired) electrons. The van der Waals surface area contributed by atoms with E-state index in [1.54, 1.807) is 54.7 Å². The highest BCUT2D eigenvalue weighted by atomic mass is 19.3. The second-order valence-corrected chi connectivity index (χ2v) is 9.43. The molecule has 4 aromatic rings. The van der Waals surface area contributed by atoms with Gasteiger partial charge in [0.1, 0.15) is 11.4 Å². The lowest BCUT2D eigenvalue weighted by Gasteiger charge is -2.38.